The van der Waals surface area contributed by atoms with E-state index in [1.54, 1.807) is 0 Å². The van der Waals surface area contributed by atoms with Crippen LogP contribution >= 0.6 is 15.9 Å². The maximum atomic E-state index is 10.7. The van der Waals surface area contributed by atoms with Crippen molar-refractivity contribution in [2.45, 2.75) is 25.0 Å². The minimum Gasteiger partial charge on any atom is -0.389 e. The first-order valence-corrected chi connectivity index (χ1v) is 8.44. The quantitative estimate of drug-likeness (QED) is 0.850. The van der Waals surface area contributed by atoms with Gasteiger partial charge in [-0.2, -0.15) is 0 Å². The first kappa shape index (κ1) is 15.5. The molecule has 1 aliphatic carbocycles. The molecule has 3 nitrogen and oxygen atoms in total. The molecule has 2 atom stereocenters. The number of likely N-dealkylation sites (N-methyl/N-ethyl adjacent to an activating group) is 1. The average molecular weight is 361 g/mol. The molecule has 0 saturated carbocycles. The summed E-state index contributed by atoms with van der Waals surface area (Å²) >= 11 is 3.52. The number of nitrogens with zero attached hydrogens (tertiary/aromatic N) is 1. The molecule has 0 radical (unpaired) electrons. The van der Waals surface area contributed by atoms with Crippen LogP contribution in [0.25, 0.3) is 10.9 Å². The average Bonchev–Trinajstić information content (AvgIpc) is 2.92. The Morgan fingerprint density at radius 1 is 1.36 bits per heavy atom. The second-order valence-electron chi connectivity index (χ2n) is 5.70. The van der Waals surface area contributed by atoms with Crippen molar-refractivity contribution in [3.8, 4) is 0 Å². The molecule has 0 amide bonds. The summed E-state index contributed by atoms with van der Waals surface area (Å²) in [5.41, 5.74) is 2.43. The summed E-state index contributed by atoms with van der Waals surface area (Å²) in [6.45, 7) is 0.571. The van der Waals surface area contributed by atoms with Gasteiger partial charge in [-0.05, 0) is 49.7 Å². The van der Waals surface area contributed by atoms with Gasteiger partial charge in [-0.15, -0.1) is 0 Å². The number of rotatable bonds is 5. The van der Waals surface area contributed by atoms with Crippen LogP contribution < -0.4 is 5.32 Å². The summed E-state index contributed by atoms with van der Waals surface area (Å²) < 4.78 is 3.28. The Morgan fingerprint density at radius 2 is 2.23 bits per heavy atom. The Bertz CT molecular complexity index is 717. The highest BCUT2D eigenvalue weighted by molar-refractivity contribution is 9.10. The number of allylic oxidation sites excluding steroid dienone is 3. The van der Waals surface area contributed by atoms with Crippen molar-refractivity contribution in [3.63, 3.8) is 0 Å². The van der Waals surface area contributed by atoms with Gasteiger partial charge >= 0.3 is 0 Å². The van der Waals surface area contributed by atoms with Gasteiger partial charge in [0.25, 0.3) is 0 Å². The first-order valence-electron chi connectivity index (χ1n) is 7.65. The third-order valence-corrected chi connectivity index (χ3v) is 4.68. The molecule has 1 heterocycles. The molecule has 0 saturated heterocycles. The van der Waals surface area contributed by atoms with Crippen molar-refractivity contribution in [3.05, 3.63) is 58.7 Å². The molecule has 1 aliphatic rings. The second-order valence-corrected chi connectivity index (χ2v) is 6.62. The lowest BCUT2D eigenvalue weighted by atomic mass is 9.93. The van der Waals surface area contributed by atoms with E-state index in [2.05, 4.69) is 74.5 Å². The van der Waals surface area contributed by atoms with Crippen LogP contribution in [-0.4, -0.2) is 29.4 Å². The summed E-state index contributed by atoms with van der Waals surface area (Å²) in [6, 6.07) is 8.35. The number of benzene rings is 1. The van der Waals surface area contributed by atoms with Gasteiger partial charge in [-0.3, -0.25) is 0 Å². The topological polar surface area (TPSA) is 37.2 Å². The molecule has 0 fully saturated rings. The molecule has 3 rings (SSSR count). The molecular formula is C18H21BrN2O. The van der Waals surface area contributed by atoms with Gasteiger partial charge in [0.2, 0.25) is 0 Å². The Kier molecular flexibility index (Phi) is 4.81. The van der Waals surface area contributed by atoms with Crippen molar-refractivity contribution in [2.24, 2.45) is 0 Å². The standard InChI is InChI=1S/C18H21BrN2O/c1-20-12-17(22)18(13-5-3-2-4-6-13)21-10-9-14-11-15(19)7-8-16(14)21/h2-3,5,7-11,17-18,20,22H,4,6,12H2,1H3/t17?,18-/m0/s1. The van der Waals surface area contributed by atoms with Crippen molar-refractivity contribution in [1.82, 2.24) is 9.88 Å². The molecule has 22 heavy (non-hydrogen) atoms. The van der Waals surface area contributed by atoms with Crippen molar-refractivity contribution >= 4 is 26.8 Å². The van der Waals surface area contributed by atoms with Gasteiger partial charge in [0.15, 0.2) is 0 Å². The Hall–Kier alpha value is -1.36. The lowest BCUT2D eigenvalue weighted by Gasteiger charge is -2.29. The Labute approximate surface area is 139 Å². The van der Waals surface area contributed by atoms with E-state index in [-0.39, 0.29) is 6.04 Å². The normalized spacial score (nSPS) is 17.5. The first-order chi connectivity index (χ1) is 10.7. The van der Waals surface area contributed by atoms with E-state index >= 15 is 0 Å². The maximum Gasteiger partial charge on any atom is 0.0909 e. The van der Waals surface area contributed by atoms with E-state index < -0.39 is 6.10 Å². The van der Waals surface area contributed by atoms with Crippen LogP contribution in [0.15, 0.2) is 58.7 Å². The predicted octanol–water partition coefficient (Wildman–Crippen LogP) is 3.80. The molecule has 116 valence electrons. The highest BCUT2D eigenvalue weighted by Gasteiger charge is 2.25. The number of hydrogen-bond acceptors (Lipinski definition) is 2. The molecule has 0 spiro atoms. The smallest absolute Gasteiger partial charge is 0.0909 e. The van der Waals surface area contributed by atoms with Gasteiger partial charge in [-0.25, -0.2) is 0 Å². The maximum absolute atomic E-state index is 10.7. The third kappa shape index (κ3) is 3.05. The number of aromatic nitrogens is 1. The molecule has 1 aromatic carbocycles. The molecule has 1 unspecified atom stereocenters. The van der Waals surface area contributed by atoms with E-state index in [0.29, 0.717) is 6.54 Å². The fraction of sp³-hybridized carbons (Fsp3) is 0.333. The van der Waals surface area contributed by atoms with E-state index in [1.807, 2.05) is 7.05 Å². The number of hydrogen-bond donors (Lipinski definition) is 2. The molecule has 2 N–H and O–H groups in total. The van der Waals surface area contributed by atoms with Crippen molar-refractivity contribution in [2.75, 3.05) is 13.6 Å². The van der Waals surface area contributed by atoms with Crippen LogP contribution in [0, 0.1) is 0 Å². The Morgan fingerprint density at radius 3 is 2.95 bits per heavy atom. The van der Waals surface area contributed by atoms with Crippen LogP contribution in [0.4, 0.5) is 0 Å². The van der Waals surface area contributed by atoms with Gasteiger partial charge in [0, 0.05) is 28.1 Å². The van der Waals surface area contributed by atoms with E-state index in [9.17, 15) is 5.11 Å². The van der Waals surface area contributed by atoms with Gasteiger partial charge in [0.05, 0.1) is 12.1 Å². The molecule has 4 heteroatoms. The predicted molar refractivity (Wildman–Crippen MR) is 95.1 cm³/mol. The highest BCUT2D eigenvalue weighted by Crippen LogP contribution is 2.32. The summed E-state index contributed by atoms with van der Waals surface area (Å²) in [6.07, 6.45) is 10.1. The number of fused-ring (bicyclic) bond motifs is 1. The summed E-state index contributed by atoms with van der Waals surface area (Å²) in [5, 5.41) is 15.0. The fourth-order valence-electron chi connectivity index (χ4n) is 3.18. The lowest BCUT2D eigenvalue weighted by Crippen LogP contribution is -2.34. The van der Waals surface area contributed by atoms with Crippen LogP contribution in [0.3, 0.4) is 0 Å². The molecule has 2 aromatic rings. The van der Waals surface area contributed by atoms with E-state index in [1.165, 1.54) is 11.0 Å². The van der Waals surface area contributed by atoms with Crippen LogP contribution in [-0.2, 0) is 0 Å². The van der Waals surface area contributed by atoms with Crippen molar-refractivity contribution < 1.29 is 5.11 Å². The van der Waals surface area contributed by atoms with Crippen LogP contribution in [0.1, 0.15) is 18.9 Å². The number of aliphatic hydroxyl groups excluding tert-OH is 1. The zero-order chi connectivity index (χ0) is 15.5. The zero-order valence-corrected chi connectivity index (χ0v) is 14.3. The van der Waals surface area contributed by atoms with Gasteiger partial charge in [-0.1, -0.05) is 34.2 Å². The monoisotopic (exact) mass is 360 g/mol. The summed E-state index contributed by atoms with van der Waals surface area (Å²) in [7, 11) is 1.88. The number of nitrogens with one attached hydrogen (secondary N) is 1. The second kappa shape index (κ2) is 6.82. The van der Waals surface area contributed by atoms with Gasteiger partial charge < -0.3 is 15.0 Å². The summed E-state index contributed by atoms with van der Waals surface area (Å²) in [5.74, 6) is 0. The molecule has 0 aliphatic heterocycles. The number of halogens is 1. The van der Waals surface area contributed by atoms with Crippen LogP contribution in [0.2, 0.25) is 0 Å². The fourth-order valence-corrected chi connectivity index (χ4v) is 3.56. The van der Waals surface area contributed by atoms with Gasteiger partial charge in [0.1, 0.15) is 0 Å². The number of aliphatic hydroxyl groups is 1. The molecule has 1 aromatic heterocycles. The SMILES string of the molecule is CNCC(O)[C@H](C1=CC=CCC1)n1ccc2cc(Br)ccc21. The minimum atomic E-state index is -0.456. The Balaban J connectivity index is 2.07. The largest absolute Gasteiger partial charge is 0.389 e. The van der Waals surface area contributed by atoms with E-state index in [4.69, 9.17) is 0 Å². The van der Waals surface area contributed by atoms with E-state index in [0.717, 1.165) is 22.8 Å². The lowest BCUT2D eigenvalue weighted by molar-refractivity contribution is 0.129. The molecular weight excluding hydrogens is 340 g/mol. The van der Waals surface area contributed by atoms with Crippen LogP contribution in [0.5, 0.6) is 0 Å². The van der Waals surface area contributed by atoms with Crippen molar-refractivity contribution in [1.29, 1.82) is 0 Å². The minimum absolute atomic E-state index is 0.0314. The third-order valence-electron chi connectivity index (χ3n) is 4.19. The highest BCUT2D eigenvalue weighted by atomic mass is 79.9. The zero-order valence-electron chi connectivity index (χ0n) is 12.7. The molecule has 0 bridgehead atoms. The summed E-state index contributed by atoms with van der Waals surface area (Å²) in [4.78, 5) is 0.